The molecule has 126 valence electrons. The molecule has 5 nitrogen and oxygen atoms in total. The third-order valence-corrected chi connectivity index (χ3v) is 5.05. The molecule has 0 radical (unpaired) electrons. The Bertz CT molecular complexity index is 571. The molecule has 1 fully saturated rings. The molecule has 0 unspecified atom stereocenters. The molecule has 0 atom stereocenters. The lowest BCUT2D eigenvalue weighted by Gasteiger charge is -2.24. The summed E-state index contributed by atoms with van der Waals surface area (Å²) in [7, 11) is 1.79. The lowest BCUT2D eigenvalue weighted by atomic mass is 10.3. The molecular formula is C16H22BrN3O2S. The minimum absolute atomic E-state index is 0.00357. The van der Waals surface area contributed by atoms with Crippen molar-refractivity contribution in [2.75, 3.05) is 26.7 Å². The van der Waals surface area contributed by atoms with Gasteiger partial charge in [0, 0.05) is 17.5 Å². The zero-order valence-electron chi connectivity index (χ0n) is 13.3. The van der Waals surface area contributed by atoms with E-state index in [1.54, 1.807) is 34.3 Å². The SMILES string of the molecule is C=CCN(Cc1ccc(Br)s1)C(=O)CN(C)CC(=O)NC1CC1. The summed E-state index contributed by atoms with van der Waals surface area (Å²) in [5.41, 5.74) is 0. The highest BCUT2D eigenvalue weighted by atomic mass is 79.9. The second kappa shape index (κ2) is 8.61. The predicted octanol–water partition coefficient (Wildman–Crippen LogP) is 2.24. The minimum Gasteiger partial charge on any atom is -0.352 e. The van der Waals surface area contributed by atoms with E-state index in [2.05, 4.69) is 27.8 Å². The highest BCUT2D eigenvalue weighted by molar-refractivity contribution is 9.11. The van der Waals surface area contributed by atoms with Crippen molar-refractivity contribution < 1.29 is 9.59 Å². The normalized spacial score (nSPS) is 13.9. The lowest BCUT2D eigenvalue weighted by molar-refractivity contribution is -0.132. The summed E-state index contributed by atoms with van der Waals surface area (Å²) in [4.78, 5) is 28.9. The number of nitrogens with zero attached hydrogens (tertiary/aromatic N) is 2. The van der Waals surface area contributed by atoms with E-state index in [9.17, 15) is 9.59 Å². The largest absolute Gasteiger partial charge is 0.352 e. The molecule has 7 heteroatoms. The summed E-state index contributed by atoms with van der Waals surface area (Å²) < 4.78 is 1.05. The van der Waals surface area contributed by atoms with E-state index in [4.69, 9.17) is 0 Å². The van der Waals surface area contributed by atoms with Crippen molar-refractivity contribution in [1.82, 2.24) is 15.1 Å². The van der Waals surface area contributed by atoms with Crippen LogP contribution < -0.4 is 5.32 Å². The summed E-state index contributed by atoms with van der Waals surface area (Å²) in [6, 6.07) is 4.33. The Morgan fingerprint density at radius 1 is 1.43 bits per heavy atom. The summed E-state index contributed by atoms with van der Waals surface area (Å²) in [6.07, 6.45) is 3.86. The van der Waals surface area contributed by atoms with Gasteiger partial charge in [0.1, 0.15) is 0 Å². The molecule has 0 bridgehead atoms. The molecule has 0 aromatic carbocycles. The Balaban J connectivity index is 1.83. The smallest absolute Gasteiger partial charge is 0.237 e. The van der Waals surface area contributed by atoms with Gasteiger partial charge >= 0.3 is 0 Å². The van der Waals surface area contributed by atoms with Gasteiger partial charge in [-0.2, -0.15) is 0 Å². The van der Waals surface area contributed by atoms with Crippen molar-refractivity contribution >= 4 is 39.1 Å². The Morgan fingerprint density at radius 2 is 2.17 bits per heavy atom. The van der Waals surface area contributed by atoms with Crippen LogP contribution in [0.25, 0.3) is 0 Å². The average molecular weight is 400 g/mol. The van der Waals surface area contributed by atoms with Crippen LogP contribution in [0.1, 0.15) is 17.7 Å². The number of rotatable bonds is 9. The standard InChI is InChI=1S/C16H22BrN3O2S/c1-3-8-20(9-13-6-7-14(17)23-13)16(22)11-19(2)10-15(21)18-12-4-5-12/h3,6-7,12H,1,4-5,8-11H2,2H3,(H,18,21). The molecule has 1 aliphatic rings. The molecule has 1 saturated carbocycles. The van der Waals surface area contributed by atoms with Crippen LogP contribution in [-0.4, -0.2) is 54.3 Å². The Morgan fingerprint density at radius 3 is 2.74 bits per heavy atom. The molecule has 23 heavy (non-hydrogen) atoms. The van der Waals surface area contributed by atoms with Crippen LogP contribution in [0.15, 0.2) is 28.6 Å². The molecule has 1 aromatic rings. The van der Waals surface area contributed by atoms with Crippen LogP contribution in [-0.2, 0) is 16.1 Å². The quantitative estimate of drug-likeness (QED) is 0.647. The third-order valence-electron chi connectivity index (χ3n) is 3.44. The number of halogens is 1. The zero-order chi connectivity index (χ0) is 16.8. The molecule has 0 saturated heterocycles. The Labute approximate surface area is 149 Å². The van der Waals surface area contributed by atoms with Crippen LogP contribution in [0.4, 0.5) is 0 Å². The van der Waals surface area contributed by atoms with Gasteiger partial charge in [0.05, 0.1) is 23.4 Å². The number of amides is 2. The van der Waals surface area contributed by atoms with Crippen molar-refractivity contribution in [1.29, 1.82) is 0 Å². The molecule has 2 rings (SSSR count). The van der Waals surface area contributed by atoms with E-state index in [0.717, 1.165) is 21.5 Å². The Kier molecular flexibility index (Phi) is 6.80. The monoisotopic (exact) mass is 399 g/mol. The maximum Gasteiger partial charge on any atom is 0.237 e. The number of hydrogen-bond donors (Lipinski definition) is 1. The summed E-state index contributed by atoms with van der Waals surface area (Å²) in [5.74, 6) is -0.0172. The first-order chi connectivity index (χ1) is 11.0. The first-order valence-corrected chi connectivity index (χ1v) is 9.19. The van der Waals surface area contributed by atoms with Crippen molar-refractivity contribution in [3.8, 4) is 0 Å². The molecule has 1 aromatic heterocycles. The van der Waals surface area contributed by atoms with Crippen molar-refractivity contribution in [2.45, 2.75) is 25.4 Å². The number of nitrogens with one attached hydrogen (secondary N) is 1. The van der Waals surface area contributed by atoms with E-state index >= 15 is 0 Å². The van der Waals surface area contributed by atoms with E-state index in [1.807, 2.05) is 12.1 Å². The van der Waals surface area contributed by atoms with E-state index in [0.29, 0.717) is 19.1 Å². The van der Waals surface area contributed by atoms with Gasteiger partial charge in [-0.05, 0) is 48.0 Å². The van der Waals surface area contributed by atoms with Gasteiger partial charge in [-0.25, -0.2) is 0 Å². The van der Waals surface area contributed by atoms with Crippen molar-refractivity contribution in [2.24, 2.45) is 0 Å². The maximum absolute atomic E-state index is 12.5. The Hall–Kier alpha value is -1.18. The van der Waals surface area contributed by atoms with Gasteiger partial charge in [0.2, 0.25) is 11.8 Å². The van der Waals surface area contributed by atoms with Gasteiger partial charge in [-0.3, -0.25) is 14.5 Å². The van der Waals surface area contributed by atoms with Crippen LogP contribution in [0.3, 0.4) is 0 Å². The van der Waals surface area contributed by atoms with E-state index in [1.165, 1.54) is 0 Å². The summed E-state index contributed by atoms with van der Waals surface area (Å²) in [5, 5.41) is 2.93. The zero-order valence-corrected chi connectivity index (χ0v) is 15.7. The van der Waals surface area contributed by atoms with Crippen LogP contribution in [0.5, 0.6) is 0 Å². The first-order valence-electron chi connectivity index (χ1n) is 7.58. The second-order valence-electron chi connectivity index (χ2n) is 5.78. The number of carbonyl (C=O) groups is 2. The number of likely N-dealkylation sites (N-methyl/N-ethyl adjacent to an activating group) is 1. The fourth-order valence-corrected chi connectivity index (χ4v) is 3.67. The number of carbonyl (C=O) groups excluding carboxylic acids is 2. The molecule has 1 N–H and O–H groups in total. The second-order valence-corrected chi connectivity index (χ2v) is 8.33. The topological polar surface area (TPSA) is 52.7 Å². The van der Waals surface area contributed by atoms with Gasteiger partial charge in [0.25, 0.3) is 0 Å². The molecule has 0 spiro atoms. The van der Waals surface area contributed by atoms with Crippen LogP contribution >= 0.6 is 27.3 Å². The van der Waals surface area contributed by atoms with Crippen LogP contribution in [0.2, 0.25) is 0 Å². The van der Waals surface area contributed by atoms with E-state index < -0.39 is 0 Å². The molecule has 1 aliphatic carbocycles. The van der Waals surface area contributed by atoms with Gasteiger partial charge < -0.3 is 10.2 Å². The van der Waals surface area contributed by atoms with Gasteiger partial charge in [-0.1, -0.05) is 6.08 Å². The summed E-state index contributed by atoms with van der Waals surface area (Å²) in [6.45, 7) is 5.24. The summed E-state index contributed by atoms with van der Waals surface area (Å²) >= 11 is 5.05. The van der Waals surface area contributed by atoms with Crippen molar-refractivity contribution in [3.05, 3.63) is 33.5 Å². The molecular weight excluding hydrogens is 378 g/mol. The molecule has 0 aliphatic heterocycles. The highest BCUT2D eigenvalue weighted by Crippen LogP contribution is 2.23. The lowest BCUT2D eigenvalue weighted by Crippen LogP contribution is -2.42. The third kappa shape index (κ3) is 6.45. The first kappa shape index (κ1) is 18.2. The van der Waals surface area contributed by atoms with Crippen molar-refractivity contribution in [3.63, 3.8) is 0 Å². The predicted molar refractivity (Wildman–Crippen MR) is 96.3 cm³/mol. The average Bonchev–Trinajstić information content (AvgIpc) is 3.18. The number of thiophene rings is 1. The van der Waals surface area contributed by atoms with Gasteiger partial charge in [0.15, 0.2) is 0 Å². The van der Waals surface area contributed by atoms with Crippen LogP contribution in [0, 0.1) is 0 Å². The maximum atomic E-state index is 12.5. The molecule has 2 amide bonds. The fourth-order valence-electron chi connectivity index (χ4n) is 2.17. The highest BCUT2D eigenvalue weighted by Gasteiger charge is 2.24. The number of hydrogen-bond acceptors (Lipinski definition) is 4. The molecule has 1 heterocycles. The van der Waals surface area contributed by atoms with Gasteiger partial charge in [-0.15, -0.1) is 17.9 Å². The minimum atomic E-state index is -0.0136. The fraction of sp³-hybridized carbons (Fsp3) is 0.500. The van der Waals surface area contributed by atoms with E-state index in [-0.39, 0.29) is 24.9 Å².